The summed E-state index contributed by atoms with van der Waals surface area (Å²) in [6.07, 6.45) is 4.52. The van der Waals surface area contributed by atoms with Gasteiger partial charge >= 0.3 is 0 Å². The maximum absolute atomic E-state index is 11.9. The van der Waals surface area contributed by atoms with E-state index in [0.717, 1.165) is 5.39 Å². The minimum atomic E-state index is -3.32. The van der Waals surface area contributed by atoms with Crippen LogP contribution in [0.4, 0.5) is 11.5 Å². The number of aromatic nitrogens is 5. The Bertz CT molecular complexity index is 1290. The number of hydrogen-bond acceptors (Lipinski definition) is 7. The highest BCUT2D eigenvalue weighted by molar-refractivity contribution is 7.90. The van der Waals surface area contributed by atoms with Crippen molar-refractivity contribution in [1.82, 2.24) is 25.0 Å². The van der Waals surface area contributed by atoms with Gasteiger partial charge in [0.25, 0.3) is 0 Å². The molecule has 3 heterocycles. The molecule has 0 atom stereocenters. The Morgan fingerprint density at radius 2 is 2.00 bits per heavy atom. The van der Waals surface area contributed by atoms with Crippen molar-refractivity contribution in [3.05, 3.63) is 30.6 Å². The van der Waals surface area contributed by atoms with Crippen LogP contribution >= 0.6 is 0 Å². The molecule has 2 N–H and O–H groups in total. The lowest BCUT2D eigenvalue weighted by Crippen LogP contribution is -2.06. The average molecular weight is 400 g/mol. The van der Waals surface area contributed by atoms with Gasteiger partial charge in [-0.25, -0.2) is 18.1 Å². The fourth-order valence-electron chi connectivity index (χ4n) is 3.13. The van der Waals surface area contributed by atoms with Gasteiger partial charge in [0, 0.05) is 17.0 Å². The van der Waals surface area contributed by atoms with E-state index < -0.39 is 9.84 Å². The smallest absolute Gasteiger partial charge is 0.236 e. The van der Waals surface area contributed by atoms with Crippen molar-refractivity contribution in [1.29, 1.82) is 0 Å². The van der Waals surface area contributed by atoms with Crippen molar-refractivity contribution in [2.45, 2.75) is 24.8 Å². The van der Waals surface area contributed by atoms with Gasteiger partial charge in [-0.15, -0.1) is 0 Å². The first-order chi connectivity index (χ1) is 13.3. The summed E-state index contributed by atoms with van der Waals surface area (Å²) in [7, 11) is -1.73. The van der Waals surface area contributed by atoms with E-state index in [1.54, 1.807) is 42.4 Å². The molecule has 146 valence electrons. The van der Waals surface area contributed by atoms with Gasteiger partial charge in [-0.3, -0.25) is 5.10 Å². The number of anilines is 2. The fourth-order valence-corrected chi connectivity index (χ4v) is 3.78. The molecule has 0 unspecified atom stereocenters. The van der Waals surface area contributed by atoms with Crippen molar-refractivity contribution in [3.8, 4) is 5.88 Å². The Balaban J connectivity index is 1.88. The summed E-state index contributed by atoms with van der Waals surface area (Å²) in [5, 5.41) is 16.1. The lowest BCUT2D eigenvalue weighted by atomic mass is 10.1. The molecular weight excluding hydrogens is 380 g/mol. The first kappa shape index (κ1) is 18.2. The second-order valence-corrected chi connectivity index (χ2v) is 8.82. The second-order valence-electron chi connectivity index (χ2n) is 6.80. The molecule has 3 aromatic heterocycles. The number of benzene rings is 1. The number of sulfone groups is 1. The van der Waals surface area contributed by atoms with E-state index in [2.05, 4.69) is 25.6 Å². The molecule has 1 aromatic carbocycles. The minimum absolute atomic E-state index is 0.136. The van der Waals surface area contributed by atoms with Crippen LogP contribution in [0.2, 0.25) is 0 Å². The van der Waals surface area contributed by atoms with E-state index in [9.17, 15) is 8.42 Å². The number of rotatable bonds is 5. The summed E-state index contributed by atoms with van der Waals surface area (Å²) in [4.78, 5) is 4.89. The maximum Gasteiger partial charge on any atom is 0.236 e. The molecule has 0 saturated heterocycles. The lowest BCUT2D eigenvalue weighted by molar-refractivity contribution is 0.347. The number of pyridine rings is 1. The molecule has 0 saturated carbocycles. The summed E-state index contributed by atoms with van der Waals surface area (Å²) >= 11 is 0. The van der Waals surface area contributed by atoms with Gasteiger partial charge in [0.05, 0.1) is 36.0 Å². The molecule has 0 fully saturated rings. The molecule has 28 heavy (non-hydrogen) atoms. The van der Waals surface area contributed by atoms with Crippen molar-refractivity contribution >= 4 is 43.1 Å². The van der Waals surface area contributed by atoms with E-state index >= 15 is 0 Å². The Morgan fingerprint density at radius 3 is 2.68 bits per heavy atom. The standard InChI is InChI=1S/C18H20N6O3S/c1-10(2)24-18(27-3)15(9-20-24)22-17-16-13(8-19-23-16)12-7-11(28(4,25)26)5-6-14(12)21-17/h5-10H,1-4H3,(H,19,23)(H,21,22). The van der Waals surface area contributed by atoms with Crippen LogP contribution < -0.4 is 10.1 Å². The molecule has 4 rings (SSSR count). The zero-order valence-corrected chi connectivity index (χ0v) is 16.7. The van der Waals surface area contributed by atoms with Crippen LogP contribution in [0.15, 0.2) is 35.5 Å². The number of hydrogen-bond donors (Lipinski definition) is 2. The Morgan fingerprint density at radius 1 is 1.21 bits per heavy atom. The second kappa shape index (κ2) is 6.48. The van der Waals surface area contributed by atoms with Crippen molar-refractivity contribution < 1.29 is 13.2 Å². The van der Waals surface area contributed by atoms with E-state index in [4.69, 9.17) is 4.74 Å². The average Bonchev–Trinajstić information content (AvgIpc) is 3.27. The summed E-state index contributed by atoms with van der Waals surface area (Å²) in [6.45, 7) is 4.03. The predicted octanol–water partition coefficient (Wildman–Crippen LogP) is 3.04. The number of methoxy groups -OCH3 is 1. The summed E-state index contributed by atoms with van der Waals surface area (Å²) in [5.74, 6) is 1.14. The summed E-state index contributed by atoms with van der Waals surface area (Å²) in [6, 6.07) is 5.00. The first-order valence-electron chi connectivity index (χ1n) is 8.65. The number of H-pyrrole nitrogens is 1. The van der Waals surface area contributed by atoms with E-state index in [1.807, 2.05) is 13.8 Å². The van der Waals surface area contributed by atoms with E-state index in [-0.39, 0.29) is 10.9 Å². The van der Waals surface area contributed by atoms with Gasteiger partial charge in [-0.2, -0.15) is 10.2 Å². The SMILES string of the molecule is COc1c(Nc2nc3ccc(S(C)(=O)=O)cc3c3cn[nH]c23)cnn1C(C)C. The molecule has 0 amide bonds. The van der Waals surface area contributed by atoms with Gasteiger partial charge in [-0.1, -0.05) is 0 Å². The number of ether oxygens (including phenoxy) is 1. The third kappa shape index (κ3) is 2.95. The number of aromatic amines is 1. The van der Waals surface area contributed by atoms with Crippen molar-refractivity contribution in [2.24, 2.45) is 0 Å². The van der Waals surface area contributed by atoms with Crippen LogP contribution in [0.1, 0.15) is 19.9 Å². The molecule has 0 radical (unpaired) electrons. The highest BCUT2D eigenvalue weighted by Crippen LogP contribution is 2.34. The zero-order valence-electron chi connectivity index (χ0n) is 15.9. The van der Waals surface area contributed by atoms with Gasteiger partial charge in [0.2, 0.25) is 5.88 Å². The molecule has 10 heteroatoms. The Labute approximate surface area is 161 Å². The van der Waals surface area contributed by atoms with Crippen LogP contribution in [-0.2, 0) is 9.84 Å². The lowest BCUT2D eigenvalue weighted by Gasteiger charge is -2.12. The molecule has 4 aromatic rings. The molecule has 0 spiro atoms. The fraction of sp³-hybridized carbons (Fsp3) is 0.278. The van der Waals surface area contributed by atoms with E-state index in [0.29, 0.717) is 33.8 Å². The topological polar surface area (TPSA) is 115 Å². The highest BCUT2D eigenvalue weighted by atomic mass is 32.2. The van der Waals surface area contributed by atoms with Crippen molar-refractivity contribution in [2.75, 3.05) is 18.7 Å². The van der Waals surface area contributed by atoms with Crippen LogP contribution in [0.25, 0.3) is 21.8 Å². The quantitative estimate of drug-likeness (QED) is 0.529. The maximum atomic E-state index is 11.9. The highest BCUT2D eigenvalue weighted by Gasteiger charge is 2.18. The van der Waals surface area contributed by atoms with Crippen molar-refractivity contribution in [3.63, 3.8) is 0 Å². The summed E-state index contributed by atoms with van der Waals surface area (Å²) in [5.41, 5.74) is 1.99. The molecule has 0 aliphatic heterocycles. The molecule has 0 aliphatic carbocycles. The monoisotopic (exact) mass is 400 g/mol. The number of fused-ring (bicyclic) bond motifs is 3. The van der Waals surface area contributed by atoms with Crippen LogP contribution in [0.3, 0.4) is 0 Å². The Kier molecular flexibility index (Phi) is 4.22. The van der Waals surface area contributed by atoms with Gasteiger partial charge in [0.1, 0.15) is 11.2 Å². The third-order valence-corrected chi connectivity index (χ3v) is 5.59. The minimum Gasteiger partial charge on any atom is -0.480 e. The molecule has 0 bridgehead atoms. The molecule has 0 aliphatic rings. The van der Waals surface area contributed by atoms with E-state index in [1.165, 1.54) is 6.26 Å². The molecule has 9 nitrogen and oxygen atoms in total. The van der Waals surface area contributed by atoms with Crippen LogP contribution in [-0.4, -0.2) is 46.7 Å². The number of nitrogens with one attached hydrogen (secondary N) is 2. The van der Waals surface area contributed by atoms with Crippen LogP contribution in [0, 0.1) is 0 Å². The zero-order chi connectivity index (χ0) is 20.1. The Hall–Kier alpha value is -3.14. The summed E-state index contributed by atoms with van der Waals surface area (Å²) < 4.78 is 31.1. The van der Waals surface area contributed by atoms with Gasteiger partial charge in [0.15, 0.2) is 15.7 Å². The van der Waals surface area contributed by atoms with Crippen LogP contribution in [0.5, 0.6) is 5.88 Å². The van der Waals surface area contributed by atoms with Gasteiger partial charge in [-0.05, 0) is 32.0 Å². The molecular formula is C18H20N6O3S. The normalized spacial score (nSPS) is 12.2. The number of nitrogens with zero attached hydrogens (tertiary/aromatic N) is 4. The van der Waals surface area contributed by atoms with Gasteiger partial charge < -0.3 is 10.1 Å². The predicted molar refractivity (Wildman–Crippen MR) is 107 cm³/mol. The third-order valence-electron chi connectivity index (χ3n) is 4.48. The first-order valence-corrected chi connectivity index (χ1v) is 10.5. The largest absolute Gasteiger partial charge is 0.480 e.